The van der Waals surface area contributed by atoms with E-state index < -0.39 is 18.5 Å². The van der Waals surface area contributed by atoms with Gasteiger partial charge in [0.2, 0.25) is 0 Å². The Morgan fingerprint density at radius 3 is 2.05 bits per heavy atom. The zero-order chi connectivity index (χ0) is 30.1. The number of rotatable bonds is 13. The Hall–Kier alpha value is -2.40. The molecule has 42 heavy (non-hydrogen) atoms. The van der Waals surface area contributed by atoms with E-state index in [4.69, 9.17) is 14.6 Å². The maximum atomic E-state index is 12.1. The van der Waals surface area contributed by atoms with Gasteiger partial charge in [-0.1, -0.05) is 64.0 Å². The van der Waals surface area contributed by atoms with Crippen LogP contribution in [0.4, 0.5) is 0 Å². The summed E-state index contributed by atoms with van der Waals surface area (Å²) in [7, 11) is 0. The Morgan fingerprint density at radius 1 is 0.857 bits per heavy atom. The third-order valence-corrected chi connectivity index (χ3v) is 10.5. The van der Waals surface area contributed by atoms with E-state index in [1.54, 1.807) is 6.92 Å². The number of ether oxygens (including phenoxy) is 2. The van der Waals surface area contributed by atoms with Crippen molar-refractivity contribution in [1.29, 1.82) is 0 Å². The molecular formula is C37H54O5. The van der Waals surface area contributed by atoms with Gasteiger partial charge in [-0.25, -0.2) is 9.59 Å². The van der Waals surface area contributed by atoms with Crippen molar-refractivity contribution in [3.05, 3.63) is 59.2 Å². The van der Waals surface area contributed by atoms with Crippen LogP contribution in [0, 0.1) is 35.5 Å². The summed E-state index contributed by atoms with van der Waals surface area (Å²) >= 11 is 0. The van der Waals surface area contributed by atoms with Crippen molar-refractivity contribution < 1.29 is 24.2 Å². The van der Waals surface area contributed by atoms with Gasteiger partial charge in [-0.05, 0) is 117 Å². The van der Waals surface area contributed by atoms with Crippen molar-refractivity contribution in [2.45, 2.75) is 104 Å². The van der Waals surface area contributed by atoms with E-state index in [0.717, 1.165) is 41.6 Å². The average Bonchev–Trinajstić information content (AvgIpc) is 3.01. The maximum absolute atomic E-state index is 12.1. The van der Waals surface area contributed by atoms with E-state index in [2.05, 4.69) is 38.3 Å². The zero-order valence-corrected chi connectivity index (χ0v) is 26.2. The topological polar surface area (TPSA) is 72.8 Å². The Kier molecular flexibility index (Phi) is 12.3. The minimum absolute atomic E-state index is 0.0130. The first-order valence-electron chi connectivity index (χ1n) is 16.7. The monoisotopic (exact) mass is 578 g/mol. The van der Waals surface area contributed by atoms with Crippen LogP contribution < -0.4 is 0 Å². The summed E-state index contributed by atoms with van der Waals surface area (Å²) in [6, 6.07) is 6.79. The summed E-state index contributed by atoms with van der Waals surface area (Å²) in [4.78, 5) is 24.1. The first-order valence-corrected chi connectivity index (χ1v) is 16.7. The number of carbonyl (C=O) groups excluding carboxylic acids is 2. The predicted octanol–water partition coefficient (Wildman–Crippen LogP) is 7.57. The van der Waals surface area contributed by atoms with Gasteiger partial charge in [-0.15, -0.1) is 0 Å². The molecule has 1 aromatic carbocycles. The van der Waals surface area contributed by atoms with E-state index in [1.165, 1.54) is 88.2 Å². The summed E-state index contributed by atoms with van der Waals surface area (Å²) in [6.45, 7) is 10.9. The van der Waals surface area contributed by atoms with Gasteiger partial charge < -0.3 is 14.6 Å². The molecule has 1 aromatic rings. The third kappa shape index (κ3) is 9.05. The lowest BCUT2D eigenvalue weighted by molar-refractivity contribution is -0.144. The molecule has 2 saturated carbocycles. The van der Waals surface area contributed by atoms with Crippen LogP contribution in [-0.2, 0) is 38.3 Å². The highest BCUT2D eigenvalue weighted by atomic mass is 16.5. The molecule has 232 valence electrons. The second kappa shape index (κ2) is 15.9. The molecule has 5 nitrogen and oxygen atoms in total. The third-order valence-electron chi connectivity index (χ3n) is 10.5. The van der Waals surface area contributed by atoms with Crippen LogP contribution in [0.2, 0.25) is 0 Å². The molecule has 2 unspecified atom stereocenters. The molecule has 0 spiro atoms. The van der Waals surface area contributed by atoms with E-state index in [0.29, 0.717) is 12.0 Å². The van der Waals surface area contributed by atoms with Crippen molar-refractivity contribution in [1.82, 2.24) is 0 Å². The van der Waals surface area contributed by atoms with Gasteiger partial charge >= 0.3 is 11.9 Å². The van der Waals surface area contributed by atoms with Crippen molar-refractivity contribution in [3.8, 4) is 0 Å². The number of aryl methyl sites for hydroxylation is 1. The second-order valence-corrected chi connectivity index (χ2v) is 13.7. The summed E-state index contributed by atoms with van der Waals surface area (Å²) in [5, 5.41) is 9.17. The number of fused-ring (bicyclic) bond motifs is 1. The predicted molar refractivity (Wildman–Crippen MR) is 168 cm³/mol. The molecule has 0 aliphatic heterocycles. The molecule has 3 aliphatic carbocycles. The highest BCUT2D eigenvalue weighted by molar-refractivity contribution is 5.88. The van der Waals surface area contributed by atoms with Gasteiger partial charge in [0.1, 0.15) is 0 Å². The average molecular weight is 579 g/mol. The number of benzene rings is 1. The van der Waals surface area contributed by atoms with Crippen LogP contribution >= 0.6 is 0 Å². The second-order valence-electron chi connectivity index (χ2n) is 13.7. The minimum Gasteiger partial charge on any atom is -0.462 e. The minimum atomic E-state index is -0.626. The molecule has 4 rings (SSSR count). The Morgan fingerprint density at radius 2 is 1.45 bits per heavy atom. The molecule has 0 amide bonds. The van der Waals surface area contributed by atoms with Crippen LogP contribution in [0.1, 0.15) is 101 Å². The number of hydrogen-bond acceptors (Lipinski definition) is 5. The van der Waals surface area contributed by atoms with Crippen LogP contribution in [0.15, 0.2) is 42.5 Å². The lowest BCUT2D eigenvalue weighted by atomic mass is 9.65. The number of hydrogen-bond donors (Lipinski definition) is 1. The molecule has 2 fully saturated rings. The number of aliphatic hydroxyl groups is 1. The first-order chi connectivity index (χ1) is 20.3. The molecule has 0 aromatic heterocycles. The highest BCUT2D eigenvalue weighted by Gasteiger charge is 2.34. The van der Waals surface area contributed by atoms with Crippen LogP contribution in [0.25, 0.3) is 0 Å². The summed E-state index contributed by atoms with van der Waals surface area (Å²) < 4.78 is 10.8. The van der Waals surface area contributed by atoms with Crippen molar-refractivity contribution >= 4 is 11.9 Å². The summed E-state index contributed by atoms with van der Waals surface area (Å²) in [5.74, 6) is 3.38. The molecule has 3 aliphatic rings. The normalized spacial score (nSPS) is 26.5. The molecule has 0 saturated heterocycles. The van der Waals surface area contributed by atoms with Crippen molar-refractivity contribution in [3.63, 3.8) is 0 Å². The van der Waals surface area contributed by atoms with Crippen LogP contribution in [0.3, 0.4) is 0 Å². The molecule has 5 heteroatoms. The van der Waals surface area contributed by atoms with E-state index in [1.807, 2.05) is 0 Å². The fourth-order valence-electron chi connectivity index (χ4n) is 7.99. The Labute approximate surface area is 254 Å². The largest absolute Gasteiger partial charge is 0.462 e. The number of carbonyl (C=O) groups is 2. The number of esters is 2. The van der Waals surface area contributed by atoms with Gasteiger partial charge in [0.25, 0.3) is 0 Å². The van der Waals surface area contributed by atoms with Crippen molar-refractivity contribution in [2.24, 2.45) is 35.5 Å². The zero-order valence-electron chi connectivity index (χ0n) is 26.2. The van der Waals surface area contributed by atoms with Crippen LogP contribution in [0.5, 0.6) is 0 Å². The fourth-order valence-corrected chi connectivity index (χ4v) is 7.99. The van der Waals surface area contributed by atoms with E-state index in [9.17, 15) is 9.59 Å². The van der Waals surface area contributed by atoms with Crippen LogP contribution in [-0.4, -0.2) is 36.9 Å². The van der Waals surface area contributed by atoms with Crippen molar-refractivity contribution in [2.75, 3.05) is 19.8 Å². The van der Waals surface area contributed by atoms with Gasteiger partial charge in [0.15, 0.2) is 0 Å². The standard InChI is InChI=1S/C37H54O5/c1-5-6-27-7-10-30(11-8-27)31-13-15-32(16-14-31)34-18-17-33-20-28(9-12-35(33)21-34)19-29(23-41-36(39)25(2)3)24-42-37(40)26(4)22-38/h9,12,20,27,29-32,34,38H,2,4-8,10-11,13-19,21-24H2,1,3H3. The lowest BCUT2D eigenvalue weighted by Gasteiger charge is -2.41. The van der Waals surface area contributed by atoms with Gasteiger partial charge in [0.05, 0.1) is 25.4 Å². The van der Waals surface area contributed by atoms with Gasteiger partial charge in [0, 0.05) is 11.5 Å². The number of aliphatic hydroxyl groups excluding tert-OH is 1. The lowest BCUT2D eigenvalue weighted by Crippen LogP contribution is -2.30. The first kappa shape index (κ1) is 32.5. The molecule has 1 N–H and O–H groups in total. The SMILES string of the molecule is C=C(C)C(=O)OCC(COC(=O)C(=C)CO)Cc1ccc2c(c1)CCC(C1CCC(C3CCC(CCC)CC3)CC1)C2. The Balaban J connectivity index is 1.29. The molecule has 0 heterocycles. The fraction of sp³-hybridized carbons (Fsp3) is 0.676. The maximum Gasteiger partial charge on any atom is 0.335 e. The Bertz CT molecular complexity index is 1070. The molecule has 0 bridgehead atoms. The molecular weight excluding hydrogens is 524 g/mol. The summed E-state index contributed by atoms with van der Waals surface area (Å²) in [6.07, 6.45) is 18.7. The summed E-state index contributed by atoms with van der Waals surface area (Å²) in [5.41, 5.74) is 4.44. The van der Waals surface area contributed by atoms with Gasteiger partial charge in [-0.2, -0.15) is 0 Å². The van der Waals surface area contributed by atoms with E-state index >= 15 is 0 Å². The van der Waals surface area contributed by atoms with E-state index in [-0.39, 0.29) is 24.7 Å². The quantitative estimate of drug-likeness (QED) is 0.193. The molecule has 0 radical (unpaired) electrons. The smallest absolute Gasteiger partial charge is 0.335 e. The molecule has 2 atom stereocenters. The highest BCUT2D eigenvalue weighted by Crippen LogP contribution is 2.45. The van der Waals surface area contributed by atoms with Gasteiger partial charge in [-0.3, -0.25) is 0 Å².